The van der Waals surface area contributed by atoms with E-state index in [-0.39, 0.29) is 30.3 Å². The molecule has 1 aliphatic heterocycles. The van der Waals surface area contributed by atoms with Crippen molar-refractivity contribution in [2.45, 2.75) is 39.2 Å². The molecule has 2 aromatic rings. The third-order valence-electron chi connectivity index (χ3n) is 4.45. The molecule has 0 spiro atoms. The van der Waals surface area contributed by atoms with Crippen LogP contribution in [0.1, 0.15) is 46.7 Å². The Morgan fingerprint density at radius 2 is 2.11 bits per heavy atom. The summed E-state index contributed by atoms with van der Waals surface area (Å²) in [5.41, 5.74) is 1.97. The molecule has 1 aromatic carbocycles. The van der Waals surface area contributed by atoms with Crippen LogP contribution in [0.2, 0.25) is 0 Å². The van der Waals surface area contributed by atoms with E-state index in [4.69, 9.17) is 14.3 Å². The van der Waals surface area contributed by atoms with Crippen molar-refractivity contribution < 1.29 is 28.6 Å². The molecule has 0 radical (unpaired) electrons. The molecule has 1 aromatic heterocycles. The van der Waals surface area contributed by atoms with Crippen molar-refractivity contribution >= 4 is 23.5 Å². The van der Waals surface area contributed by atoms with Crippen LogP contribution in [0.3, 0.4) is 0 Å². The fourth-order valence-electron chi connectivity index (χ4n) is 2.99. The van der Waals surface area contributed by atoms with Crippen molar-refractivity contribution in [1.82, 2.24) is 5.32 Å². The van der Waals surface area contributed by atoms with Gasteiger partial charge >= 0.3 is 5.97 Å². The second-order valence-corrected chi connectivity index (χ2v) is 6.58. The summed E-state index contributed by atoms with van der Waals surface area (Å²) in [4.78, 5) is 34.3. The van der Waals surface area contributed by atoms with Crippen molar-refractivity contribution in [3.05, 3.63) is 46.9 Å². The Balaban J connectivity index is 1.38. The van der Waals surface area contributed by atoms with Crippen LogP contribution in [0, 0.1) is 6.92 Å². The summed E-state index contributed by atoms with van der Waals surface area (Å²) in [5.74, 6) is 0.234. The number of furan rings is 1. The van der Waals surface area contributed by atoms with E-state index in [1.54, 1.807) is 13.0 Å². The van der Waals surface area contributed by atoms with Gasteiger partial charge in [-0.25, -0.2) is 4.79 Å². The molecule has 2 heterocycles. The number of carbonyl (C=O) groups excluding carboxylic acids is 2. The Morgan fingerprint density at radius 1 is 1.29 bits per heavy atom. The molecule has 28 heavy (non-hydrogen) atoms. The van der Waals surface area contributed by atoms with Crippen LogP contribution >= 0.6 is 0 Å². The summed E-state index contributed by atoms with van der Waals surface area (Å²) in [6.45, 7) is 2.10. The zero-order valence-corrected chi connectivity index (χ0v) is 15.5. The number of ether oxygens (including phenoxy) is 1. The summed E-state index contributed by atoms with van der Waals surface area (Å²) in [5, 5.41) is 14.5. The standard InChI is InChI=1S/C20H22N2O6/c1-12-16(20(25)26)10-15(28-12)11-21-18(23)3-2-8-27-14-5-6-17-13(9-14)4-7-19(24)22-17/h5-6,9-10H,2-4,7-8,11H2,1H3,(H,21,23)(H,22,24)(H,25,26). The van der Waals surface area contributed by atoms with Crippen molar-refractivity contribution in [1.29, 1.82) is 0 Å². The lowest BCUT2D eigenvalue weighted by Crippen LogP contribution is -2.22. The van der Waals surface area contributed by atoms with Crippen molar-refractivity contribution in [2.24, 2.45) is 0 Å². The van der Waals surface area contributed by atoms with Gasteiger partial charge in [0, 0.05) is 18.5 Å². The Bertz CT molecular complexity index is 902. The number of carbonyl (C=O) groups is 3. The van der Waals surface area contributed by atoms with Crippen LogP contribution in [-0.2, 0) is 22.6 Å². The van der Waals surface area contributed by atoms with Crippen LogP contribution in [0.25, 0.3) is 0 Å². The number of aromatic carboxylic acids is 1. The van der Waals surface area contributed by atoms with E-state index in [2.05, 4.69) is 10.6 Å². The Labute approximate surface area is 161 Å². The first kappa shape index (κ1) is 19.5. The molecule has 0 saturated heterocycles. The Morgan fingerprint density at radius 3 is 2.86 bits per heavy atom. The van der Waals surface area contributed by atoms with Gasteiger partial charge in [0.05, 0.1) is 13.2 Å². The number of hydrogen-bond donors (Lipinski definition) is 3. The second-order valence-electron chi connectivity index (χ2n) is 6.58. The molecule has 0 unspecified atom stereocenters. The van der Waals surface area contributed by atoms with Gasteiger partial charge in [0.25, 0.3) is 0 Å². The molecule has 8 nitrogen and oxygen atoms in total. The number of aryl methyl sites for hydroxylation is 2. The number of carboxylic acid groups (broad SMARTS) is 1. The van der Waals surface area contributed by atoms with Crippen LogP contribution in [0.15, 0.2) is 28.7 Å². The Hall–Kier alpha value is -3.29. The smallest absolute Gasteiger partial charge is 0.339 e. The molecule has 148 valence electrons. The largest absolute Gasteiger partial charge is 0.494 e. The van der Waals surface area contributed by atoms with Crippen LogP contribution in [0.5, 0.6) is 5.75 Å². The lowest BCUT2D eigenvalue weighted by atomic mass is 10.0. The van der Waals surface area contributed by atoms with Crippen LogP contribution in [0.4, 0.5) is 5.69 Å². The summed E-state index contributed by atoms with van der Waals surface area (Å²) in [7, 11) is 0. The third kappa shape index (κ3) is 4.91. The summed E-state index contributed by atoms with van der Waals surface area (Å²) in [6.07, 6.45) is 1.99. The number of rotatable bonds is 8. The van der Waals surface area contributed by atoms with Gasteiger partial charge in [-0.1, -0.05) is 0 Å². The van der Waals surface area contributed by atoms with Gasteiger partial charge in [0.1, 0.15) is 22.8 Å². The molecule has 0 aliphatic carbocycles. The highest BCUT2D eigenvalue weighted by Gasteiger charge is 2.15. The maximum absolute atomic E-state index is 11.9. The van der Waals surface area contributed by atoms with Gasteiger partial charge in [-0.3, -0.25) is 9.59 Å². The Kier molecular flexibility index (Phi) is 5.98. The summed E-state index contributed by atoms with van der Waals surface area (Å²) < 4.78 is 11.0. The van der Waals surface area contributed by atoms with Crippen LogP contribution < -0.4 is 15.4 Å². The molecule has 3 rings (SSSR count). The number of hydrogen-bond acceptors (Lipinski definition) is 5. The quantitative estimate of drug-likeness (QED) is 0.600. The lowest BCUT2D eigenvalue weighted by Gasteiger charge is -2.17. The third-order valence-corrected chi connectivity index (χ3v) is 4.45. The van der Waals surface area contributed by atoms with Crippen LogP contribution in [-0.4, -0.2) is 29.5 Å². The average Bonchev–Trinajstić information content (AvgIpc) is 3.04. The first-order valence-corrected chi connectivity index (χ1v) is 9.07. The molecule has 0 saturated carbocycles. The van der Waals surface area contributed by atoms with E-state index in [1.807, 2.05) is 12.1 Å². The highest BCUT2D eigenvalue weighted by atomic mass is 16.5. The molecule has 1 aliphatic rings. The topological polar surface area (TPSA) is 118 Å². The fourth-order valence-corrected chi connectivity index (χ4v) is 2.99. The number of nitrogens with one attached hydrogen (secondary N) is 2. The van der Waals surface area contributed by atoms with Gasteiger partial charge < -0.3 is 24.9 Å². The first-order chi connectivity index (χ1) is 13.4. The monoisotopic (exact) mass is 386 g/mol. The molecule has 3 N–H and O–H groups in total. The van der Waals surface area contributed by atoms with Gasteiger partial charge in [0.2, 0.25) is 11.8 Å². The van der Waals surface area contributed by atoms with E-state index in [0.29, 0.717) is 43.1 Å². The second kappa shape index (κ2) is 8.60. The maximum atomic E-state index is 11.9. The summed E-state index contributed by atoms with van der Waals surface area (Å²) in [6, 6.07) is 6.95. The van der Waals surface area contributed by atoms with Crippen molar-refractivity contribution in [2.75, 3.05) is 11.9 Å². The number of anilines is 1. The zero-order chi connectivity index (χ0) is 20.1. The van der Waals surface area contributed by atoms with Gasteiger partial charge in [-0.2, -0.15) is 0 Å². The van der Waals surface area contributed by atoms with Crippen molar-refractivity contribution in [3.63, 3.8) is 0 Å². The minimum Gasteiger partial charge on any atom is -0.494 e. The van der Waals surface area contributed by atoms with E-state index < -0.39 is 5.97 Å². The minimum atomic E-state index is -1.06. The lowest BCUT2D eigenvalue weighted by molar-refractivity contribution is -0.121. The van der Waals surface area contributed by atoms with E-state index in [1.165, 1.54) is 6.07 Å². The highest BCUT2D eigenvalue weighted by Crippen LogP contribution is 2.26. The molecule has 0 fully saturated rings. The normalized spacial score (nSPS) is 12.8. The van der Waals surface area contributed by atoms with E-state index in [0.717, 1.165) is 11.3 Å². The maximum Gasteiger partial charge on any atom is 0.339 e. The molecule has 0 atom stereocenters. The highest BCUT2D eigenvalue weighted by molar-refractivity contribution is 5.94. The molecular formula is C20H22N2O6. The zero-order valence-electron chi connectivity index (χ0n) is 15.5. The fraction of sp³-hybridized carbons (Fsp3) is 0.350. The minimum absolute atomic E-state index is 0.0241. The number of carboxylic acids is 1. The summed E-state index contributed by atoms with van der Waals surface area (Å²) >= 11 is 0. The van der Waals surface area contributed by atoms with Crippen molar-refractivity contribution in [3.8, 4) is 5.75 Å². The van der Waals surface area contributed by atoms with Gasteiger partial charge in [-0.15, -0.1) is 0 Å². The predicted molar refractivity (Wildman–Crippen MR) is 100 cm³/mol. The van der Waals surface area contributed by atoms with Gasteiger partial charge in [-0.05, 0) is 49.6 Å². The predicted octanol–water partition coefficient (Wildman–Crippen LogP) is 2.65. The first-order valence-electron chi connectivity index (χ1n) is 9.07. The van der Waals surface area contributed by atoms with Gasteiger partial charge in [0.15, 0.2) is 0 Å². The molecule has 8 heteroatoms. The molecule has 0 bridgehead atoms. The SMILES string of the molecule is Cc1oc(CNC(=O)CCCOc2ccc3c(c2)CCC(=O)N3)cc1C(=O)O. The van der Waals surface area contributed by atoms with E-state index in [9.17, 15) is 14.4 Å². The molecular weight excluding hydrogens is 364 g/mol. The van der Waals surface area contributed by atoms with E-state index >= 15 is 0 Å². The number of benzene rings is 1. The molecule has 2 amide bonds. The number of amides is 2. The average molecular weight is 386 g/mol. The number of fused-ring (bicyclic) bond motifs is 1.